The SMILES string of the molecule is CCN(Cc1cccc2c1OCCO2)C(=O)c1cc(C(C)C)nc2c1c(=O)[nH]c(=O)n2CC. The lowest BCUT2D eigenvalue weighted by molar-refractivity contribution is 0.0750. The molecule has 0 fully saturated rings. The van der Waals surface area contributed by atoms with Crippen LogP contribution in [0.25, 0.3) is 11.0 Å². The fourth-order valence-electron chi connectivity index (χ4n) is 4.01. The number of aromatic nitrogens is 3. The van der Waals surface area contributed by atoms with E-state index >= 15 is 0 Å². The molecule has 1 amide bonds. The summed E-state index contributed by atoms with van der Waals surface area (Å²) in [5.74, 6) is 0.979. The quantitative estimate of drug-likeness (QED) is 0.616. The van der Waals surface area contributed by atoms with E-state index < -0.39 is 11.2 Å². The molecule has 9 nitrogen and oxygen atoms in total. The average molecular weight is 453 g/mol. The van der Waals surface area contributed by atoms with Gasteiger partial charge in [0.25, 0.3) is 11.5 Å². The third-order valence-electron chi connectivity index (χ3n) is 5.78. The van der Waals surface area contributed by atoms with Crippen molar-refractivity contribution in [2.75, 3.05) is 19.8 Å². The number of rotatable bonds is 6. The summed E-state index contributed by atoms with van der Waals surface area (Å²) in [6.07, 6.45) is 0. The number of aryl methyl sites for hydroxylation is 1. The number of nitrogens with zero attached hydrogens (tertiary/aromatic N) is 3. The molecule has 0 unspecified atom stereocenters. The lowest BCUT2D eigenvalue weighted by atomic mass is 10.0. The molecule has 0 saturated heterocycles. The fraction of sp³-hybridized carbons (Fsp3) is 0.417. The van der Waals surface area contributed by atoms with Gasteiger partial charge in [0, 0.05) is 30.9 Å². The van der Waals surface area contributed by atoms with E-state index in [9.17, 15) is 14.4 Å². The highest BCUT2D eigenvalue weighted by atomic mass is 16.6. The van der Waals surface area contributed by atoms with Crippen LogP contribution in [-0.2, 0) is 13.1 Å². The molecule has 0 atom stereocenters. The lowest BCUT2D eigenvalue weighted by Crippen LogP contribution is -2.35. The standard InChI is InChI=1S/C24H28N4O5/c1-5-27(13-15-8-7-9-18-20(15)33-11-10-32-18)23(30)16-12-17(14(3)4)25-21-19(16)22(29)26-24(31)28(21)6-2/h7-9,12,14H,5-6,10-11,13H2,1-4H3,(H,26,29,31). The summed E-state index contributed by atoms with van der Waals surface area (Å²) in [5, 5.41) is 0.124. The third kappa shape index (κ3) is 4.10. The molecule has 1 aliphatic heterocycles. The highest BCUT2D eigenvalue weighted by molar-refractivity contribution is 6.05. The Morgan fingerprint density at radius 2 is 1.97 bits per heavy atom. The van der Waals surface area contributed by atoms with Crippen LogP contribution in [0.5, 0.6) is 11.5 Å². The molecule has 0 bridgehead atoms. The maximum absolute atomic E-state index is 13.8. The van der Waals surface area contributed by atoms with Gasteiger partial charge >= 0.3 is 5.69 Å². The molecule has 3 aromatic rings. The normalized spacial score (nSPS) is 12.9. The number of hydrogen-bond acceptors (Lipinski definition) is 6. The summed E-state index contributed by atoms with van der Waals surface area (Å²) in [6, 6.07) is 7.27. The Labute approximate surface area is 191 Å². The largest absolute Gasteiger partial charge is 0.486 e. The molecular formula is C24H28N4O5. The van der Waals surface area contributed by atoms with E-state index in [0.29, 0.717) is 43.5 Å². The van der Waals surface area contributed by atoms with Crippen molar-refractivity contribution >= 4 is 16.9 Å². The van der Waals surface area contributed by atoms with Gasteiger partial charge in [-0.25, -0.2) is 9.78 Å². The highest BCUT2D eigenvalue weighted by Crippen LogP contribution is 2.34. The first-order valence-corrected chi connectivity index (χ1v) is 11.2. The zero-order chi connectivity index (χ0) is 23.7. The number of pyridine rings is 1. The van der Waals surface area contributed by atoms with E-state index in [1.807, 2.05) is 39.0 Å². The minimum atomic E-state index is -0.615. The molecule has 1 aliphatic rings. The predicted octanol–water partition coefficient (Wildman–Crippen LogP) is 2.66. The van der Waals surface area contributed by atoms with Crippen molar-refractivity contribution in [1.29, 1.82) is 0 Å². The van der Waals surface area contributed by atoms with Crippen LogP contribution < -0.4 is 20.7 Å². The van der Waals surface area contributed by atoms with Crippen molar-refractivity contribution in [3.05, 3.63) is 61.9 Å². The van der Waals surface area contributed by atoms with Crippen molar-refractivity contribution in [1.82, 2.24) is 19.4 Å². The smallest absolute Gasteiger partial charge is 0.329 e. The van der Waals surface area contributed by atoms with Crippen molar-refractivity contribution in [3.63, 3.8) is 0 Å². The van der Waals surface area contributed by atoms with Gasteiger partial charge in [0.15, 0.2) is 17.1 Å². The Balaban J connectivity index is 1.84. The monoisotopic (exact) mass is 452 g/mol. The number of amides is 1. The minimum Gasteiger partial charge on any atom is -0.486 e. The number of benzene rings is 1. The summed E-state index contributed by atoms with van der Waals surface area (Å²) in [7, 11) is 0. The van der Waals surface area contributed by atoms with Crippen LogP contribution in [0.2, 0.25) is 0 Å². The molecule has 3 heterocycles. The Hall–Kier alpha value is -3.62. The first-order valence-electron chi connectivity index (χ1n) is 11.2. The molecule has 33 heavy (non-hydrogen) atoms. The Morgan fingerprint density at radius 1 is 1.21 bits per heavy atom. The van der Waals surface area contributed by atoms with Crippen molar-refractivity contribution in [3.8, 4) is 11.5 Å². The Kier molecular flexibility index (Phi) is 6.22. The van der Waals surface area contributed by atoms with Gasteiger partial charge in [0.2, 0.25) is 0 Å². The molecule has 174 valence electrons. The van der Waals surface area contributed by atoms with E-state index in [-0.39, 0.29) is 35.0 Å². The number of ether oxygens (including phenoxy) is 2. The van der Waals surface area contributed by atoms with Crippen molar-refractivity contribution in [2.24, 2.45) is 0 Å². The summed E-state index contributed by atoms with van der Waals surface area (Å²) < 4.78 is 12.8. The van der Waals surface area contributed by atoms with Crippen LogP contribution in [0.3, 0.4) is 0 Å². The first-order chi connectivity index (χ1) is 15.8. The number of aromatic amines is 1. The van der Waals surface area contributed by atoms with Gasteiger partial charge in [-0.15, -0.1) is 0 Å². The number of carbonyl (C=O) groups excluding carboxylic acids is 1. The molecule has 0 radical (unpaired) electrons. The summed E-state index contributed by atoms with van der Waals surface area (Å²) in [6.45, 7) is 9.52. The van der Waals surface area contributed by atoms with Gasteiger partial charge in [-0.3, -0.25) is 19.1 Å². The van der Waals surface area contributed by atoms with Gasteiger partial charge < -0.3 is 14.4 Å². The van der Waals surface area contributed by atoms with Gasteiger partial charge in [-0.2, -0.15) is 0 Å². The maximum Gasteiger partial charge on any atom is 0.329 e. The predicted molar refractivity (Wildman–Crippen MR) is 124 cm³/mol. The lowest BCUT2D eigenvalue weighted by Gasteiger charge is -2.26. The number of fused-ring (bicyclic) bond motifs is 2. The maximum atomic E-state index is 13.8. The third-order valence-corrected chi connectivity index (χ3v) is 5.78. The minimum absolute atomic E-state index is 0.00223. The van der Waals surface area contributed by atoms with Crippen LogP contribution in [0, 0.1) is 0 Å². The fourth-order valence-corrected chi connectivity index (χ4v) is 4.01. The van der Waals surface area contributed by atoms with E-state index in [2.05, 4.69) is 9.97 Å². The number of nitrogens with one attached hydrogen (secondary N) is 1. The molecule has 2 aromatic heterocycles. The second-order valence-corrected chi connectivity index (χ2v) is 8.21. The summed E-state index contributed by atoms with van der Waals surface area (Å²) >= 11 is 0. The van der Waals surface area contributed by atoms with Crippen LogP contribution in [-0.4, -0.2) is 45.1 Å². The van der Waals surface area contributed by atoms with Gasteiger partial charge in [0.1, 0.15) is 13.2 Å². The van der Waals surface area contributed by atoms with E-state index in [1.54, 1.807) is 17.9 Å². The van der Waals surface area contributed by atoms with Gasteiger partial charge in [0.05, 0.1) is 10.9 Å². The number of para-hydroxylation sites is 1. The van der Waals surface area contributed by atoms with E-state index in [1.165, 1.54) is 4.57 Å². The number of H-pyrrole nitrogens is 1. The number of hydrogen-bond donors (Lipinski definition) is 1. The van der Waals surface area contributed by atoms with Crippen LogP contribution in [0.15, 0.2) is 33.9 Å². The molecular weight excluding hydrogens is 424 g/mol. The van der Waals surface area contributed by atoms with E-state index in [4.69, 9.17) is 9.47 Å². The molecule has 9 heteroatoms. The second-order valence-electron chi connectivity index (χ2n) is 8.21. The first kappa shape index (κ1) is 22.6. The molecule has 4 rings (SSSR count). The highest BCUT2D eigenvalue weighted by Gasteiger charge is 2.25. The Bertz CT molecular complexity index is 1320. The van der Waals surface area contributed by atoms with Crippen molar-refractivity contribution < 1.29 is 14.3 Å². The van der Waals surface area contributed by atoms with Crippen LogP contribution in [0.4, 0.5) is 0 Å². The summed E-state index contributed by atoms with van der Waals surface area (Å²) in [5.41, 5.74) is 0.770. The molecule has 1 N–H and O–H groups in total. The Morgan fingerprint density at radius 3 is 2.67 bits per heavy atom. The van der Waals surface area contributed by atoms with E-state index in [0.717, 1.165) is 5.56 Å². The molecule has 1 aromatic carbocycles. The topological polar surface area (TPSA) is 107 Å². The summed E-state index contributed by atoms with van der Waals surface area (Å²) in [4.78, 5) is 47.5. The van der Waals surface area contributed by atoms with Gasteiger partial charge in [-0.1, -0.05) is 26.0 Å². The van der Waals surface area contributed by atoms with Crippen molar-refractivity contribution in [2.45, 2.75) is 46.7 Å². The zero-order valence-electron chi connectivity index (χ0n) is 19.3. The van der Waals surface area contributed by atoms with Crippen LogP contribution in [0.1, 0.15) is 55.2 Å². The number of carbonyl (C=O) groups is 1. The molecule has 0 spiro atoms. The van der Waals surface area contributed by atoms with Crippen LogP contribution >= 0.6 is 0 Å². The second kappa shape index (κ2) is 9.09. The molecule has 0 saturated carbocycles. The molecule has 0 aliphatic carbocycles. The average Bonchev–Trinajstić information content (AvgIpc) is 2.81. The zero-order valence-corrected chi connectivity index (χ0v) is 19.3. The van der Waals surface area contributed by atoms with Gasteiger partial charge in [-0.05, 0) is 31.9 Å².